The van der Waals surface area contributed by atoms with Gasteiger partial charge in [0.25, 0.3) is 0 Å². The van der Waals surface area contributed by atoms with Crippen molar-refractivity contribution in [2.75, 3.05) is 13.2 Å². The van der Waals surface area contributed by atoms with Crippen LogP contribution in [0.4, 0.5) is 0 Å². The molecule has 4 nitrogen and oxygen atoms in total. The average molecular weight is 336 g/mol. The molecule has 0 aromatic carbocycles. The maximum atomic E-state index is 11.2. The van der Waals surface area contributed by atoms with Gasteiger partial charge in [-0.3, -0.25) is 0 Å². The van der Waals surface area contributed by atoms with Gasteiger partial charge in [-0.25, -0.2) is 0 Å². The zero-order chi connectivity index (χ0) is 17.4. The lowest BCUT2D eigenvalue weighted by molar-refractivity contribution is -0.300. The molecule has 0 bridgehead atoms. The SMILES string of the molecule is CC12C[C@H](O)[C@@H]3C(C)(CCC4(OCCO4)C3(C)C)C1=CCC[C@H]2O. The summed E-state index contributed by atoms with van der Waals surface area (Å²) >= 11 is 0. The summed E-state index contributed by atoms with van der Waals surface area (Å²) in [7, 11) is 0. The van der Waals surface area contributed by atoms with Gasteiger partial charge in [0, 0.05) is 23.2 Å². The fourth-order valence-corrected chi connectivity index (χ4v) is 6.91. The molecule has 1 aliphatic heterocycles. The van der Waals surface area contributed by atoms with Crippen molar-refractivity contribution in [2.24, 2.45) is 22.2 Å². The molecular formula is C20H32O4. The summed E-state index contributed by atoms with van der Waals surface area (Å²) in [5.74, 6) is -0.499. The van der Waals surface area contributed by atoms with Gasteiger partial charge >= 0.3 is 0 Å². The minimum atomic E-state index is -0.570. The highest BCUT2D eigenvalue weighted by molar-refractivity contribution is 5.34. The molecule has 1 saturated heterocycles. The lowest BCUT2D eigenvalue weighted by atomic mass is 9.42. The van der Waals surface area contributed by atoms with Crippen LogP contribution in [0.25, 0.3) is 0 Å². The van der Waals surface area contributed by atoms with Crippen LogP contribution in [-0.4, -0.2) is 41.4 Å². The van der Waals surface area contributed by atoms with Gasteiger partial charge in [-0.15, -0.1) is 0 Å². The summed E-state index contributed by atoms with van der Waals surface area (Å²) in [6.07, 6.45) is 5.69. The summed E-state index contributed by atoms with van der Waals surface area (Å²) in [6, 6.07) is 0. The van der Waals surface area contributed by atoms with Gasteiger partial charge in [0.2, 0.25) is 0 Å². The number of hydrogen-bond acceptors (Lipinski definition) is 4. The zero-order valence-electron chi connectivity index (χ0n) is 15.5. The van der Waals surface area contributed by atoms with E-state index < -0.39 is 11.9 Å². The third-order valence-electron chi connectivity index (χ3n) is 7.95. The van der Waals surface area contributed by atoms with Crippen LogP contribution in [0, 0.1) is 22.2 Å². The second kappa shape index (κ2) is 5.06. The molecule has 24 heavy (non-hydrogen) atoms. The minimum absolute atomic E-state index is 0.0708. The molecule has 0 aromatic rings. The number of aliphatic hydroxyl groups excluding tert-OH is 2. The van der Waals surface area contributed by atoms with Gasteiger partial charge in [0.1, 0.15) is 0 Å². The highest BCUT2D eigenvalue weighted by atomic mass is 16.7. The topological polar surface area (TPSA) is 58.9 Å². The molecule has 0 amide bonds. The number of fused-ring (bicyclic) bond motifs is 3. The summed E-state index contributed by atoms with van der Waals surface area (Å²) < 4.78 is 12.2. The van der Waals surface area contributed by atoms with Crippen LogP contribution in [0.1, 0.15) is 59.8 Å². The molecule has 1 heterocycles. The Kier molecular flexibility index (Phi) is 3.59. The van der Waals surface area contributed by atoms with Crippen molar-refractivity contribution in [2.45, 2.75) is 77.8 Å². The van der Waals surface area contributed by atoms with Crippen LogP contribution in [0.5, 0.6) is 0 Å². The molecule has 3 fully saturated rings. The summed E-state index contributed by atoms with van der Waals surface area (Å²) in [5.41, 5.74) is 0.671. The quantitative estimate of drug-likeness (QED) is 0.668. The first-order chi connectivity index (χ1) is 11.2. The third kappa shape index (κ3) is 1.89. The van der Waals surface area contributed by atoms with Gasteiger partial charge < -0.3 is 19.7 Å². The lowest BCUT2D eigenvalue weighted by Crippen LogP contribution is -2.66. The van der Waals surface area contributed by atoms with Crippen molar-refractivity contribution in [3.8, 4) is 0 Å². The van der Waals surface area contributed by atoms with Crippen LogP contribution in [0.2, 0.25) is 0 Å². The van der Waals surface area contributed by atoms with Gasteiger partial charge in [-0.2, -0.15) is 0 Å². The Bertz CT molecular complexity index is 562. The summed E-state index contributed by atoms with van der Waals surface area (Å²) in [4.78, 5) is 0. The number of rotatable bonds is 0. The van der Waals surface area contributed by atoms with Crippen LogP contribution in [0.15, 0.2) is 11.6 Å². The molecular weight excluding hydrogens is 304 g/mol. The van der Waals surface area contributed by atoms with Crippen molar-refractivity contribution < 1.29 is 19.7 Å². The van der Waals surface area contributed by atoms with Gasteiger partial charge in [0.05, 0.1) is 25.4 Å². The summed E-state index contributed by atoms with van der Waals surface area (Å²) in [6.45, 7) is 10.1. The third-order valence-corrected chi connectivity index (χ3v) is 7.95. The van der Waals surface area contributed by atoms with Crippen molar-refractivity contribution in [3.63, 3.8) is 0 Å². The van der Waals surface area contributed by atoms with E-state index in [9.17, 15) is 10.2 Å². The predicted octanol–water partition coefficient (Wildman–Crippen LogP) is 3.02. The molecule has 2 saturated carbocycles. The van der Waals surface area contributed by atoms with Gasteiger partial charge in [0.15, 0.2) is 5.79 Å². The predicted molar refractivity (Wildman–Crippen MR) is 91.3 cm³/mol. The largest absolute Gasteiger partial charge is 0.393 e. The highest BCUT2D eigenvalue weighted by Crippen LogP contribution is 2.68. The van der Waals surface area contributed by atoms with Crippen LogP contribution in [0.3, 0.4) is 0 Å². The van der Waals surface area contributed by atoms with E-state index in [1.54, 1.807) is 0 Å². The fourth-order valence-electron chi connectivity index (χ4n) is 6.91. The zero-order valence-corrected chi connectivity index (χ0v) is 15.5. The molecule has 0 radical (unpaired) electrons. The Morgan fingerprint density at radius 2 is 1.67 bits per heavy atom. The Labute approximate surface area is 145 Å². The van der Waals surface area contributed by atoms with E-state index in [0.717, 1.165) is 25.7 Å². The first-order valence-electron chi connectivity index (χ1n) is 9.53. The van der Waals surface area contributed by atoms with Gasteiger partial charge in [-0.05, 0) is 31.1 Å². The van der Waals surface area contributed by atoms with E-state index in [1.165, 1.54) is 5.57 Å². The second-order valence-electron chi connectivity index (χ2n) is 9.47. The Morgan fingerprint density at radius 1 is 1.00 bits per heavy atom. The van der Waals surface area contributed by atoms with Crippen molar-refractivity contribution in [1.29, 1.82) is 0 Å². The lowest BCUT2D eigenvalue weighted by Gasteiger charge is -2.66. The van der Waals surface area contributed by atoms with E-state index >= 15 is 0 Å². The van der Waals surface area contributed by atoms with E-state index in [2.05, 4.69) is 33.8 Å². The van der Waals surface area contributed by atoms with Crippen molar-refractivity contribution >= 4 is 0 Å². The van der Waals surface area contributed by atoms with E-state index in [4.69, 9.17) is 9.47 Å². The Hall–Kier alpha value is -0.420. The molecule has 0 aromatic heterocycles. The molecule has 1 spiro atoms. The minimum Gasteiger partial charge on any atom is -0.393 e. The van der Waals surface area contributed by atoms with Crippen molar-refractivity contribution in [3.05, 3.63) is 11.6 Å². The summed E-state index contributed by atoms with van der Waals surface area (Å²) in [5, 5.41) is 21.9. The average Bonchev–Trinajstić information content (AvgIpc) is 2.96. The van der Waals surface area contributed by atoms with Crippen LogP contribution in [-0.2, 0) is 9.47 Å². The molecule has 5 atom stereocenters. The maximum Gasteiger partial charge on any atom is 0.173 e. The number of ether oxygens (including phenoxy) is 2. The molecule has 3 aliphatic carbocycles. The molecule has 4 aliphatic rings. The normalized spacial score (nSPS) is 49.4. The first kappa shape index (κ1) is 17.0. The maximum absolute atomic E-state index is 11.2. The fraction of sp³-hybridized carbons (Fsp3) is 0.900. The van der Waals surface area contributed by atoms with Crippen LogP contribution >= 0.6 is 0 Å². The molecule has 4 heteroatoms. The number of hydrogen-bond donors (Lipinski definition) is 2. The first-order valence-corrected chi connectivity index (χ1v) is 9.53. The number of aliphatic hydroxyl groups is 2. The van der Waals surface area contributed by atoms with Gasteiger partial charge in [-0.1, -0.05) is 39.3 Å². The van der Waals surface area contributed by atoms with E-state index in [-0.39, 0.29) is 28.3 Å². The number of allylic oxidation sites excluding steroid dienone is 1. The smallest absolute Gasteiger partial charge is 0.173 e. The monoisotopic (exact) mass is 336 g/mol. The molecule has 2 unspecified atom stereocenters. The molecule has 4 rings (SSSR count). The van der Waals surface area contributed by atoms with Crippen molar-refractivity contribution in [1.82, 2.24) is 0 Å². The highest BCUT2D eigenvalue weighted by Gasteiger charge is 2.68. The van der Waals surface area contributed by atoms with Crippen LogP contribution < -0.4 is 0 Å². The Balaban J connectivity index is 1.82. The standard InChI is InChI=1S/C20H32O4/c1-17(2)16-13(21)12-19(4)14(6-5-7-15(19)22)18(16,3)8-9-20(17)23-10-11-24-20/h6,13,15-16,21-22H,5,7-12H2,1-4H3/t13-,15+,16-,18?,19?/m0/s1. The molecule has 2 N–H and O–H groups in total. The van der Waals surface area contributed by atoms with E-state index in [1.807, 2.05) is 0 Å². The Morgan fingerprint density at radius 3 is 2.33 bits per heavy atom. The second-order valence-corrected chi connectivity index (χ2v) is 9.47. The molecule has 136 valence electrons. The van der Waals surface area contributed by atoms with E-state index in [0.29, 0.717) is 19.6 Å².